The molecule has 1 aromatic carbocycles. The van der Waals surface area contributed by atoms with Crippen LogP contribution in [0.1, 0.15) is 23.9 Å². The summed E-state index contributed by atoms with van der Waals surface area (Å²) in [7, 11) is 3.70. The van der Waals surface area contributed by atoms with E-state index in [9.17, 15) is 19.7 Å². The van der Waals surface area contributed by atoms with Gasteiger partial charge in [0.15, 0.2) is 5.76 Å². The normalized spacial score (nSPS) is 10.2. The van der Waals surface area contributed by atoms with Crippen molar-refractivity contribution in [1.29, 1.82) is 0 Å². The van der Waals surface area contributed by atoms with Crippen LogP contribution in [0.5, 0.6) is 0 Å². The van der Waals surface area contributed by atoms with E-state index in [4.69, 9.17) is 4.42 Å². The summed E-state index contributed by atoms with van der Waals surface area (Å²) in [6, 6.07) is 7.43. The molecule has 0 aliphatic heterocycles. The van der Waals surface area contributed by atoms with Gasteiger partial charge in [-0.25, -0.2) is 0 Å². The van der Waals surface area contributed by atoms with E-state index in [2.05, 4.69) is 10.6 Å². The highest BCUT2D eigenvalue weighted by Gasteiger charge is 2.19. The van der Waals surface area contributed by atoms with Crippen molar-refractivity contribution in [2.24, 2.45) is 0 Å². The van der Waals surface area contributed by atoms with Crippen molar-refractivity contribution in [1.82, 2.24) is 0 Å². The fraction of sp³-hybridized carbons (Fsp3) is 0.250. The molecular formula is C16H18N4O5. The average molecular weight is 346 g/mol. The number of hydrogen-bond donors (Lipinski definition) is 2. The smallest absolute Gasteiger partial charge is 0.395 e. The van der Waals surface area contributed by atoms with Gasteiger partial charge in [-0.3, -0.25) is 19.7 Å². The second-order valence-electron chi connectivity index (χ2n) is 5.38. The van der Waals surface area contributed by atoms with Crippen molar-refractivity contribution in [2.75, 3.05) is 29.6 Å². The van der Waals surface area contributed by atoms with E-state index in [1.807, 2.05) is 19.0 Å². The van der Waals surface area contributed by atoms with Gasteiger partial charge in [0, 0.05) is 26.2 Å². The maximum absolute atomic E-state index is 12.2. The zero-order valence-corrected chi connectivity index (χ0v) is 14.0. The molecule has 25 heavy (non-hydrogen) atoms. The molecule has 0 fully saturated rings. The maximum Gasteiger partial charge on any atom is 0.433 e. The molecule has 0 saturated carbocycles. The topological polar surface area (TPSA) is 118 Å². The Balaban J connectivity index is 2.28. The molecule has 0 atom stereocenters. The first-order chi connectivity index (χ1) is 11.8. The summed E-state index contributed by atoms with van der Waals surface area (Å²) >= 11 is 0. The Morgan fingerprint density at radius 1 is 1.16 bits per heavy atom. The van der Waals surface area contributed by atoms with Crippen LogP contribution in [0.15, 0.2) is 34.7 Å². The molecule has 0 aliphatic rings. The molecule has 2 N–H and O–H groups in total. The minimum atomic E-state index is -0.727. The van der Waals surface area contributed by atoms with Gasteiger partial charge in [0.25, 0.3) is 5.91 Å². The first-order valence-corrected chi connectivity index (χ1v) is 7.48. The molecule has 9 heteroatoms. The van der Waals surface area contributed by atoms with E-state index in [0.717, 1.165) is 11.8 Å². The monoisotopic (exact) mass is 346 g/mol. The standard InChI is InChI=1S/C16H18N4O5/c1-4-14(21)17-12-9-10(19(2)3)5-6-11(12)18-16(22)13-7-8-15(25-13)20(23)24/h5-9H,4H2,1-3H3,(H,17,21)(H,18,22). The van der Waals surface area contributed by atoms with E-state index in [0.29, 0.717) is 11.4 Å². The Bertz CT molecular complexity index is 813. The number of furan rings is 1. The summed E-state index contributed by atoms with van der Waals surface area (Å²) in [4.78, 5) is 35.7. The summed E-state index contributed by atoms with van der Waals surface area (Å²) in [5, 5.41) is 15.9. The quantitative estimate of drug-likeness (QED) is 0.613. The van der Waals surface area contributed by atoms with Gasteiger partial charge < -0.3 is 20.0 Å². The van der Waals surface area contributed by atoms with Gasteiger partial charge in [0.05, 0.1) is 17.4 Å². The zero-order valence-electron chi connectivity index (χ0n) is 14.0. The second kappa shape index (κ2) is 7.47. The van der Waals surface area contributed by atoms with Gasteiger partial charge in [-0.05, 0) is 24.3 Å². The van der Waals surface area contributed by atoms with Crippen LogP contribution in [0.3, 0.4) is 0 Å². The SMILES string of the molecule is CCC(=O)Nc1cc(N(C)C)ccc1NC(=O)c1ccc([N+](=O)[O-])o1. The number of anilines is 3. The van der Waals surface area contributed by atoms with E-state index in [1.54, 1.807) is 25.1 Å². The maximum atomic E-state index is 12.2. The van der Waals surface area contributed by atoms with Crippen LogP contribution in [-0.2, 0) is 4.79 Å². The molecule has 132 valence electrons. The van der Waals surface area contributed by atoms with Gasteiger partial charge in [-0.1, -0.05) is 6.92 Å². The number of amides is 2. The lowest BCUT2D eigenvalue weighted by molar-refractivity contribution is -0.402. The van der Waals surface area contributed by atoms with Crippen LogP contribution in [0, 0.1) is 10.1 Å². The van der Waals surface area contributed by atoms with Crippen molar-refractivity contribution in [3.05, 3.63) is 46.2 Å². The summed E-state index contributed by atoms with van der Waals surface area (Å²) in [6.07, 6.45) is 0.282. The molecule has 1 heterocycles. The van der Waals surface area contributed by atoms with E-state index in [1.165, 1.54) is 6.07 Å². The second-order valence-corrected chi connectivity index (χ2v) is 5.38. The molecule has 0 aliphatic carbocycles. The molecule has 2 rings (SSSR count). The zero-order chi connectivity index (χ0) is 18.6. The molecule has 0 saturated heterocycles. The third kappa shape index (κ3) is 4.34. The van der Waals surface area contributed by atoms with Crippen LogP contribution in [0.4, 0.5) is 22.9 Å². The average Bonchev–Trinajstić information content (AvgIpc) is 3.06. The predicted octanol–water partition coefficient (Wildman–Crippen LogP) is 2.85. The Morgan fingerprint density at radius 3 is 2.44 bits per heavy atom. The largest absolute Gasteiger partial charge is 0.433 e. The number of nitrogens with zero attached hydrogens (tertiary/aromatic N) is 2. The summed E-state index contributed by atoms with van der Waals surface area (Å²) in [5.41, 5.74) is 1.61. The number of nitro groups is 1. The van der Waals surface area contributed by atoms with Crippen LogP contribution in [0.25, 0.3) is 0 Å². The number of hydrogen-bond acceptors (Lipinski definition) is 6. The van der Waals surface area contributed by atoms with Crippen LogP contribution in [-0.4, -0.2) is 30.8 Å². The highest BCUT2D eigenvalue weighted by atomic mass is 16.6. The van der Waals surface area contributed by atoms with Crippen LogP contribution >= 0.6 is 0 Å². The molecule has 2 amide bonds. The van der Waals surface area contributed by atoms with E-state index >= 15 is 0 Å². The molecule has 2 aromatic rings. The number of carbonyl (C=O) groups is 2. The van der Waals surface area contributed by atoms with Gasteiger partial charge in [-0.2, -0.15) is 0 Å². The lowest BCUT2D eigenvalue weighted by atomic mass is 10.2. The molecule has 0 spiro atoms. The molecule has 0 unspecified atom stereocenters. The Kier molecular flexibility index (Phi) is 5.38. The van der Waals surface area contributed by atoms with Gasteiger partial charge >= 0.3 is 5.88 Å². The molecule has 9 nitrogen and oxygen atoms in total. The Labute approximate surface area is 143 Å². The fourth-order valence-electron chi connectivity index (χ4n) is 1.99. The molecule has 0 radical (unpaired) electrons. The summed E-state index contributed by atoms with van der Waals surface area (Å²) < 4.78 is 4.88. The highest BCUT2D eigenvalue weighted by molar-refractivity contribution is 6.06. The number of carbonyl (C=O) groups excluding carboxylic acids is 2. The van der Waals surface area contributed by atoms with Crippen molar-refractivity contribution >= 4 is 34.8 Å². The van der Waals surface area contributed by atoms with Gasteiger partial charge in [0.1, 0.15) is 4.92 Å². The first kappa shape index (κ1) is 18.0. The molecule has 1 aromatic heterocycles. The summed E-state index contributed by atoms with van der Waals surface area (Å²) in [5.74, 6) is -1.58. The van der Waals surface area contributed by atoms with Crippen molar-refractivity contribution in [2.45, 2.75) is 13.3 Å². The lowest BCUT2D eigenvalue weighted by Gasteiger charge is -2.17. The van der Waals surface area contributed by atoms with Crippen molar-refractivity contribution in [3.63, 3.8) is 0 Å². The van der Waals surface area contributed by atoms with Gasteiger partial charge in [0.2, 0.25) is 5.91 Å². The Hall–Kier alpha value is -3.36. The highest BCUT2D eigenvalue weighted by Crippen LogP contribution is 2.28. The molecular weight excluding hydrogens is 328 g/mol. The lowest BCUT2D eigenvalue weighted by Crippen LogP contribution is -2.17. The van der Waals surface area contributed by atoms with E-state index < -0.39 is 16.7 Å². The predicted molar refractivity (Wildman–Crippen MR) is 93.0 cm³/mol. The number of benzene rings is 1. The third-order valence-electron chi connectivity index (χ3n) is 3.36. The van der Waals surface area contributed by atoms with Crippen molar-refractivity contribution in [3.8, 4) is 0 Å². The van der Waals surface area contributed by atoms with Crippen molar-refractivity contribution < 1.29 is 18.9 Å². The summed E-state index contributed by atoms with van der Waals surface area (Å²) in [6.45, 7) is 1.71. The van der Waals surface area contributed by atoms with Crippen LogP contribution in [0.2, 0.25) is 0 Å². The minimum Gasteiger partial charge on any atom is -0.395 e. The van der Waals surface area contributed by atoms with Crippen LogP contribution < -0.4 is 15.5 Å². The minimum absolute atomic E-state index is 0.198. The van der Waals surface area contributed by atoms with E-state index in [-0.39, 0.29) is 18.1 Å². The first-order valence-electron chi connectivity index (χ1n) is 7.48. The Morgan fingerprint density at radius 2 is 1.88 bits per heavy atom. The number of nitrogens with one attached hydrogen (secondary N) is 2. The molecule has 0 bridgehead atoms. The third-order valence-corrected chi connectivity index (χ3v) is 3.36. The number of rotatable bonds is 6. The van der Waals surface area contributed by atoms with Gasteiger partial charge in [-0.15, -0.1) is 0 Å². The fourth-order valence-corrected chi connectivity index (χ4v) is 1.99.